The molecule has 0 aliphatic heterocycles. The van der Waals surface area contributed by atoms with Gasteiger partial charge in [0.25, 0.3) is 0 Å². The maximum atomic E-state index is 12.6. The van der Waals surface area contributed by atoms with Crippen molar-refractivity contribution in [3.8, 4) is 0 Å². The van der Waals surface area contributed by atoms with Crippen molar-refractivity contribution >= 4 is 21.6 Å². The minimum atomic E-state index is -3.57. The molecule has 0 aromatic heterocycles. The number of likely N-dealkylation sites (N-methyl/N-ethyl adjacent to an activating group) is 1. The summed E-state index contributed by atoms with van der Waals surface area (Å²) in [5.41, 5.74) is 2.38. The summed E-state index contributed by atoms with van der Waals surface area (Å²) in [6.07, 6.45) is 0. The maximum absolute atomic E-state index is 12.6. The van der Waals surface area contributed by atoms with Gasteiger partial charge in [0, 0.05) is 25.2 Å². The van der Waals surface area contributed by atoms with Crippen LogP contribution in [0.15, 0.2) is 29.2 Å². The molecule has 0 radical (unpaired) electrons. The van der Waals surface area contributed by atoms with Crippen molar-refractivity contribution in [1.82, 2.24) is 9.62 Å². The lowest BCUT2D eigenvalue weighted by molar-refractivity contribution is 0.492. The highest BCUT2D eigenvalue weighted by atomic mass is 35.5. The Bertz CT molecular complexity index is 612. The van der Waals surface area contributed by atoms with E-state index in [0.717, 1.165) is 16.7 Å². The molecule has 0 saturated carbocycles. The average Bonchev–Trinajstić information content (AvgIpc) is 2.32. The van der Waals surface area contributed by atoms with Gasteiger partial charge < -0.3 is 5.32 Å². The van der Waals surface area contributed by atoms with Crippen LogP contribution in [0.4, 0.5) is 0 Å². The van der Waals surface area contributed by atoms with Gasteiger partial charge in [0.05, 0.1) is 4.90 Å². The van der Waals surface area contributed by atoms with E-state index in [0.29, 0.717) is 11.6 Å². The second kappa shape index (κ2) is 6.72. The van der Waals surface area contributed by atoms with Gasteiger partial charge in [0.15, 0.2) is 0 Å². The van der Waals surface area contributed by atoms with Crippen molar-refractivity contribution in [2.75, 3.05) is 20.6 Å². The molecule has 4 nitrogen and oxygen atoms in total. The Morgan fingerprint density at radius 2 is 2.05 bits per heavy atom. The van der Waals surface area contributed by atoms with Crippen molar-refractivity contribution in [2.24, 2.45) is 0 Å². The van der Waals surface area contributed by atoms with Gasteiger partial charge in [-0.15, -0.1) is 0 Å². The Hall–Kier alpha value is -0.880. The second-order valence-electron chi connectivity index (χ2n) is 4.94. The molecule has 0 aliphatic carbocycles. The molecule has 6 heteroatoms. The van der Waals surface area contributed by atoms with Crippen LogP contribution in [-0.2, 0) is 16.6 Å². The summed E-state index contributed by atoms with van der Waals surface area (Å²) in [6, 6.07) is 3.28. The van der Waals surface area contributed by atoms with Crippen LogP contribution in [0.5, 0.6) is 0 Å². The fourth-order valence-corrected chi connectivity index (χ4v) is 3.81. The van der Waals surface area contributed by atoms with Gasteiger partial charge in [0.1, 0.15) is 0 Å². The molecule has 0 fully saturated rings. The van der Waals surface area contributed by atoms with E-state index in [2.05, 4.69) is 11.9 Å². The molecule has 0 unspecified atom stereocenters. The first-order chi connectivity index (χ1) is 9.20. The van der Waals surface area contributed by atoms with Crippen molar-refractivity contribution in [3.05, 3.63) is 40.4 Å². The topological polar surface area (TPSA) is 49.4 Å². The minimum Gasteiger partial charge on any atom is -0.316 e. The zero-order valence-corrected chi connectivity index (χ0v) is 13.9. The average molecular weight is 317 g/mol. The third-order valence-electron chi connectivity index (χ3n) is 2.98. The van der Waals surface area contributed by atoms with Crippen LogP contribution in [0.1, 0.15) is 18.1 Å². The van der Waals surface area contributed by atoms with Gasteiger partial charge in [-0.1, -0.05) is 23.8 Å². The number of nitrogens with zero attached hydrogens (tertiary/aromatic N) is 1. The predicted octanol–water partition coefficient (Wildman–Crippen LogP) is 2.56. The van der Waals surface area contributed by atoms with Crippen LogP contribution in [0.2, 0.25) is 5.02 Å². The van der Waals surface area contributed by atoms with Gasteiger partial charge in [-0.2, -0.15) is 4.31 Å². The highest BCUT2D eigenvalue weighted by Crippen LogP contribution is 2.26. The van der Waals surface area contributed by atoms with Crippen molar-refractivity contribution < 1.29 is 8.42 Å². The number of nitrogens with one attached hydrogen (secondary N) is 1. The van der Waals surface area contributed by atoms with Crippen LogP contribution in [-0.4, -0.2) is 33.4 Å². The monoisotopic (exact) mass is 316 g/mol. The van der Waals surface area contributed by atoms with E-state index < -0.39 is 10.0 Å². The van der Waals surface area contributed by atoms with Crippen LogP contribution >= 0.6 is 11.6 Å². The fraction of sp³-hybridized carbons (Fsp3) is 0.429. The number of rotatable bonds is 6. The molecule has 0 amide bonds. The summed E-state index contributed by atoms with van der Waals surface area (Å²) in [6.45, 7) is 8.19. The molecule has 0 aliphatic rings. The Kier molecular flexibility index (Phi) is 5.77. The molecule has 0 atom stereocenters. The molecule has 20 heavy (non-hydrogen) atoms. The van der Waals surface area contributed by atoms with Crippen molar-refractivity contribution in [2.45, 2.75) is 25.3 Å². The largest absolute Gasteiger partial charge is 0.316 e. The smallest absolute Gasteiger partial charge is 0.243 e. The zero-order valence-electron chi connectivity index (χ0n) is 12.3. The zero-order chi connectivity index (χ0) is 15.5. The van der Waals surface area contributed by atoms with Gasteiger partial charge in [-0.3, -0.25) is 0 Å². The lowest BCUT2D eigenvalue weighted by Gasteiger charge is -2.20. The standard InChI is InChI=1S/C14H21ClN2O2S/c1-10(2)9-17(5)20(18,19)14-7-13(15)6-12(8-16-4)11(14)3/h6-7,16H,1,8-9H2,2-5H3. The van der Waals surface area contributed by atoms with E-state index in [1.807, 2.05) is 7.05 Å². The summed E-state index contributed by atoms with van der Waals surface area (Å²) in [4.78, 5) is 0.249. The van der Waals surface area contributed by atoms with E-state index in [4.69, 9.17) is 11.6 Å². The highest BCUT2D eigenvalue weighted by molar-refractivity contribution is 7.89. The van der Waals surface area contributed by atoms with Crippen molar-refractivity contribution in [3.63, 3.8) is 0 Å². The summed E-state index contributed by atoms with van der Waals surface area (Å²) in [5.74, 6) is 0. The van der Waals surface area contributed by atoms with E-state index in [1.54, 1.807) is 27.0 Å². The third-order valence-corrected chi connectivity index (χ3v) is 5.13. The van der Waals surface area contributed by atoms with E-state index in [-0.39, 0.29) is 11.4 Å². The minimum absolute atomic E-state index is 0.249. The molecule has 1 aromatic carbocycles. The first kappa shape index (κ1) is 17.2. The number of sulfonamides is 1. The van der Waals surface area contributed by atoms with E-state index >= 15 is 0 Å². The number of benzene rings is 1. The number of halogens is 1. The normalized spacial score (nSPS) is 11.9. The van der Waals surface area contributed by atoms with Crippen LogP contribution in [0, 0.1) is 6.92 Å². The Morgan fingerprint density at radius 3 is 2.55 bits per heavy atom. The predicted molar refractivity (Wildman–Crippen MR) is 83.6 cm³/mol. The lowest BCUT2D eigenvalue weighted by atomic mass is 10.1. The summed E-state index contributed by atoms with van der Waals surface area (Å²) in [5, 5.41) is 3.43. The summed E-state index contributed by atoms with van der Waals surface area (Å²) < 4.78 is 26.5. The number of hydrogen-bond acceptors (Lipinski definition) is 3. The van der Waals surface area contributed by atoms with Gasteiger partial charge in [0.2, 0.25) is 10.0 Å². The molecule has 0 bridgehead atoms. The first-order valence-corrected chi connectivity index (χ1v) is 8.06. The summed E-state index contributed by atoms with van der Waals surface area (Å²) in [7, 11) is -0.217. The van der Waals surface area contributed by atoms with Crippen LogP contribution in [0.25, 0.3) is 0 Å². The number of hydrogen-bond donors (Lipinski definition) is 1. The lowest BCUT2D eigenvalue weighted by Crippen LogP contribution is -2.29. The Morgan fingerprint density at radius 1 is 1.45 bits per heavy atom. The Balaban J connectivity index is 3.34. The molecule has 112 valence electrons. The van der Waals surface area contributed by atoms with Crippen LogP contribution in [0.3, 0.4) is 0 Å². The molecular weight excluding hydrogens is 296 g/mol. The Labute approximate surface area is 126 Å². The second-order valence-corrected chi connectivity index (χ2v) is 7.39. The molecule has 0 spiro atoms. The molecule has 0 saturated heterocycles. The highest BCUT2D eigenvalue weighted by Gasteiger charge is 2.24. The fourth-order valence-electron chi connectivity index (χ4n) is 1.98. The quantitative estimate of drug-likeness (QED) is 0.821. The molecule has 1 rings (SSSR count). The molecule has 0 heterocycles. The van der Waals surface area contributed by atoms with Gasteiger partial charge in [-0.05, 0) is 44.2 Å². The molecular formula is C14H21ClN2O2S. The molecule has 1 aromatic rings. The van der Waals surface area contributed by atoms with Gasteiger partial charge in [-0.25, -0.2) is 8.42 Å². The first-order valence-electron chi connectivity index (χ1n) is 6.24. The van der Waals surface area contributed by atoms with Crippen LogP contribution < -0.4 is 5.32 Å². The van der Waals surface area contributed by atoms with Gasteiger partial charge >= 0.3 is 0 Å². The summed E-state index contributed by atoms with van der Waals surface area (Å²) >= 11 is 6.05. The van der Waals surface area contributed by atoms with E-state index in [9.17, 15) is 8.42 Å². The SMILES string of the molecule is C=C(C)CN(C)S(=O)(=O)c1cc(Cl)cc(CNC)c1C. The van der Waals surface area contributed by atoms with E-state index in [1.165, 1.54) is 10.4 Å². The maximum Gasteiger partial charge on any atom is 0.243 e. The third kappa shape index (κ3) is 3.82. The van der Waals surface area contributed by atoms with Crippen molar-refractivity contribution in [1.29, 1.82) is 0 Å². The molecule has 1 N–H and O–H groups in total.